The van der Waals surface area contributed by atoms with Crippen LogP contribution in [0.5, 0.6) is 0 Å². The molecule has 0 aliphatic carbocycles. The molecule has 1 aromatic carbocycles. The fraction of sp³-hybridized carbons (Fsp3) is 0.588. The van der Waals surface area contributed by atoms with Gasteiger partial charge in [0.25, 0.3) is 0 Å². The standard InChI is InChI=1S/C17H28N2O2/c1-13(14-7-9-15(10-8-14)18(5)6)19(17(2,3)4)12-11-16(20)21/h7-10,13H,11-12H2,1-6H3,(H,20,21). The summed E-state index contributed by atoms with van der Waals surface area (Å²) in [7, 11) is 4.04. The number of rotatable bonds is 6. The Labute approximate surface area is 128 Å². The number of benzene rings is 1. The van der Waals surface area contributed by atoms with Gasteiger partial charge in [-0.25, -0.2) is 0 Å². The molecule has 4 heteroatoms. The second-order valence-electron chi connectivity index (χ2n) is 6.67. The van der Waals surface area contributed by atoms with Crippen molar-refractivity contribution in [2.45, 2.75) is 45.7 Å². The van der Waals surface area contributed by atoms with Gasteiger partial charge >= 0.3 is 5.97 Å². The van der Waals surface area contributed by atoms with E-state index >= 15 is 0 Å². The van der Waals surface area contributed by atoms with Crippen LogP contribution in [0.15, 0.2) is 24.3 Å². The number of carbonyl (C=O) groups is 1. The number of carboxylic acid groups (broad SMARTS) is 1. The van der Waals surface area contributed by atoms with Crippen LogP contribution in [-0.4, -0.2) is 42.2 Å². The zero-order chi connectivity index (χ0) is 16.2. The van der Waals surface area contributed by atoms with Gasteiger partial charge in [0, 0.05) is 37.9 Å². The topological polar surface area (TPSA) is 43.8 Å². The van der Waals surface area contributed by atoms with E-state index < -0.39 is 5.97 Å². The van der Waals surface area contributed by atoms with Crippen molar-refractivity contribution in [3.05, 3.63) is 29.8 Å². The first kappa shape index (κ1) is 17.5. The van der Waals surface area contributed by atoms with E-state index in [1.165, 1.54) is 11.3 Å². The minimum Gasteiger partial charge on any atom is -0.481 e. The Hall–Kier alpha value is -1.55. The van der Waals surface area contributed by atoms with Gasteiger partial charge < -0.3 is 10.0 Å². The fourth-order valence-corrected chi connectivity index (χ4v) is 2.56. The van der Waals surface area contributed by atoms with Crippen molar-refractivity contribution in [1.82, 2.24) is 4.90 Å². The maximum atomic E-state index is 10.9. The SMILES string of the molecule is CC(c1ccc(N(C)C)cc1)N(CCC(=O)O)C(C)(C)C. The molecule has 0 radical (unpaired) electrons. The van der Waals surface area contributed by atoms with Crippen LogP contribution in [-0.2, 0) is 4.79 Å². The summed E-state index contributed by atoms with van der Waals surface area (Å²) in [6.45, 7) is 9.06. The van der Waals surface area contributed by atoms with Gasteiger partial charge in [0.05, 0.1) is 6.42 Å². The van der Waals surface area contributed by atoms with Gasteiger partial charge in [-0.05, 0) is 45.4 Å². The number of nitrogens with zero attached hydrogens (tertiary/aromatic N) is 2. The van der Waals surface area contributed by atoms with Gasteiger partial charge in [-0.3, -0.25) is 9.69 Å². The van der Waals surface area contributed by atoms with Crippen molar-refractivity contribution >= 4 is 11.7 Å². The maximum absolute atomic E-state index is 10.9. The minimum atomic E-state index is -0.751. The van der Waals surface area contributed by atoms with Gasteiger partial charge in [0.1, 0.15) is 0 Å². The summed E-state index contributed by atoms with van der Waals surface area (Å²) >= 11 is 0. The molecule has 0 fully saturated rings. The highest BCUT2D eigenvalue weighted by Crippen LogP contribution is 2.29. The average Bonchev–Trinajstić information content (AvgIpc) is 2.36. The minimum absolute atomic E-state index is 0.0743. The molecule has 0 aliphatic heterocycles. The first-order valence-electron chi connectivity index (χ1n) is 7.38. The highest BCUT2D eigenvalue weighted by molar-refractivity contribution is 5.66. The van der Waals surface area contributed by atoms with Crippen LogP contribution in [0.1, 0.15) is 45.7 Å². The molecule has 0 aromatic heterocycles. The van der Waals surface area contributed by atoms with E-state index in [9.17, 15) is 4.79 Å². The number of anilines is 1. The van der Waals surface area contributed by atoms with Gasteiger partial charge in [0.15, 0.2) is 0 Å². The van der Waals surface area contributed by atoms with Crippen LogP contribution < -0.4 is 4.90 Å². The number of aliphatic carboxylic acids is 1. The first-order valence-corrected chi connectivity index (χ1v) is 7.38. The average molecular weight is 292 g/mol. The lowest BCUT2D eigenvalue weighted by molar-refractivity contribution is -0.137. The van der Waals surface area contributed by atoms with E-state index in [0.29, 0.717) is 6.54 Å². The molecule has 118 valence electrons. The Kier molecular flexibility index (Phi) is 5.78. The Bertz CT molecular complexity index is 461. The molecule has 0 saturated carbocycles. The van der Waals surface area contributed by atoms with E-state index in [1.54, 1.807) is 0 Å². The molecule has 0 aliphatic rings. The lowest BCUT2D eigenvalue weighted by atomic mass is 9.98. The predicted molar refractivity (Wildman–Crippen MR) is 87.9 cm³/mol. The molecule has 1 atom stereocenters. The smallest absolute Gasteiger partial charge is 0.304 e. The van der Waals surface area contributed by atoms with Crippen LogP contribution in [0.4, 0.5) is 5.69 Å². The number of hydrogen-bond acceptors (Lipinski definition) is 3. The predicted octanol–water partition coefficient (Wildman–Crippen LogP) is 3.39. The van der Waals surface area contributed by atoms with Gasteiger partial charge in [-0.2, -0.15) is 0 Å². The third-order valence-electron chi connectivity index (χ3n) is 3.79. The van der Waals surface area contributed by atoms with E-state index in [-0.39, 0.29) is 18.0 Å². The van der Waals surface area contributed by atoms with Crippen LogP contribution in [0.2, 0.25) is 0 Å². The molecule has 0 saturated heterocycles. The lowest BCUT2D eigenvalue weighted by Gasteiger charge is -2.40. The van der Waals surface area contributed by atoms with E-state index in [0.717, 1.165) is 0 Å². The second kappa shape index (κ2) is 6.94. The summed E-state index contributed by atoms with van der Waals surface area (Å²) in [6, 6.07) is 8.63. The maximum Gasteiger partial charge on any atom is 0.304 e. The quantitative estimate of drug-likeness (QED) is 0.873. The largest absolute Gasteiger partial charge is 0.481 e. The van der Waals surface area contributed by atoms with Crippen LogP contribution in [0.3, 0.4) is 0 Å². The van der Waals surface area contributed by atoms with E-state index in [4.69, 9.17) is 5.11 Å². The highest BCUT2D eigenvalue weighted by Gasteiger charge is 2.27. The van der Waals surface area contributed by atoms with Crippen LogP contribution >= 0.6 is 0 Å². The summed E-state index contributed by atoms with van der Waals surface area (Å²) < 4.78 is 0. The van der Waals surface area contributed by atoms with Crippen molar-refractivity contribution in [3.63, 3.8) is 0 Å². The molecule has 1 rings (SSSR count). The summed E-state index contributed by atoms with van der Waals surface area (Å²) in [5, 5.41) is 8.95. The van der Waals surface area contributed by atoms with Crippen molar-refractivity contribution in [3.8, 4) is 0 Å². The zero-order valence-corrected chi connectivity index (χ0v) is 14.1. The van der Waals surface area contributed by atoms with Crippen molar-refractivity contribution < 1.29 is 9.90 Å². The van der Waals surface area contributed by atoms with Crippen LogP contribution in [0.25, 0.3) is 0 Å². The summed E-state index contributed by atoms with van der Waals surface area (Å²) in [5.74, 6) is -0.751. The van der Waals surface area contributed by atoms with Crippen molar-refractivity contribution in [2.24, 2.45) is 0 Å². The molecule has 1 N–H and O–H groups in total. The fourth-order valence-electron chi connectivity index (χ4n) is 2.56. The third kappa shape index (κ3) is 5.05. The summed E-state index contributed by atoms with van der Waals surface area (Å²) in [4.78, 5) is 15.2. The molecule has 0 heterocycles. The Morgan fingerprint density at radius 2 is 1.71 bits per heavy atom. The van der Waals surface area contributed by atoms with Crippen LogP contribution in [0, 0.1) is 0 Å². The van der Waals surface area contributed by atoms with Gasteiger partial charge in [0.2, 0.25) is 0 Å². The van der Waals surface area contributed by atoms with Crippen molar-refractivity contribution in [1.29, 1.82) is 0 Å². The van der Waals surface area contributed by atoms with Crippen molar-refractivity contribution in [2.75, 3.05) is 25.5 Å². The molecule has 1 aromatic rings. The number of carboxylic acids is 1. The molecular formula is C17H28N2O2. The normalized spacial score (nSPS) is 13.3. The van der Waals surface area contributed by atoms with Gasteiger partial charge in [-0.1, -0.05) is 12.1 Å². The molecule has 4 nitrogen and oxygen atoms in total. The Morgan fingerprint density at radius 3 is 2.10 bits per heavy atom. The Balaban J connectivity index is 2.93. The first-order chi connectivity index (χ1) is 9.62. The Morgan fingerprint density at radius 1 is 1.19 bits per heavy atom. The molecule has 0 spiro atoms. The third-order valence-corrected chi connectivity index (χ3v) is 3.79. The molecule has 21 heavy (non-hydrogen) atoms. The molecule has 0 amide bonds. The van der Waals surface area contributed by atoms with E-state index in [1.807, 2.05) is 14.1 Å². The summed E-state index contributed by atoms with van der Waals surface area (Å²) in [5.41, 5.74) is 2.30. The zero-order valence-electron chi connectivity index (χ0n) is 14.1. The molecular weight excluding hydrogens is 264 g/mol. The van der Waals surface area contributed by atoms with E-state index in [2.05, 4.69) is 61.8 Å². The second-order valence-corrected chi connectivity index (χ2v) is 6.67. The lowest BCUT2D eigenvalue weighted by Crippen LogP contribution is -2.44. The highest BCUT2D eigenvalue weighted by atomic mass is 16.4. The number of hydrogen-bond donors (Lipinski definition) is 1. The molecule has 1 unspecified atom stereocenters. The van der Waals surface area contributed by atoms with Gasteiger partial charge in [-0.15, -0.1) is 0 Å². The molecule has 0 bridgehead atoms. The monoisotopic (exact) mass is 292 g/mol. The summed E-state index contributed by atoms with van der Waals surface area (Å²) in [6.07, 6.45) is 0.164.